The van der Waals surface area contributed by atoms with Crippen molar-refractivity contribution in [2.75, 3.05) is 26.2 Å². The predicted molar refractivity (Wildman–Crippen MR) is 68.0 cm³/mol. The van der Waals surface area contributed by atoms with Crippen molar-refractivity contribution in [1.29, 1.82) is 0 Å². The fourth-order valence-electron chi connectivity index (χ4n) is 2.60. The SMILES string of the molecule is O=C(O)[C@@H]1C[C@@H](O)CN1C(=O)NCC(=O)N1CCCC1. The molecule has 0 spiro atoms. The van der Waals surface area contributed by atoms with Crippen molar-refractivity contribution in [3.8, 4) is 0 Å². The Labute approximate surface area is 116 Å². The lowest BCUT2D eigenvalue weighted by Gasteiger charge is -2.22. The minimum atomic E-state index is -1.15. The second-order valence-corrected chi connectivity index (χ2v) is 5.14. The van der Waals surface area contributed by atoms with Crippen LogP contribution in [0.5, 0.6) is 0 Å². The second-order valence-electron chi connectivity index (χ2n) is 5.14. The monoisotopic (exact) mass is 285 g/mol. The van der Waals surface area contributed by atoms with Crippen LogP contribution in [0.2, 0.25) is 0 Å². The van der Waals surface area contributed by atoms with E-state index < -0.39 is 24.1 Å². The number of β-amino-alcohol motifs (C(OH)–C–C–N with tert-alkyl or cyclic N) is 1. The molecule has 0 saturated carbocycles. The van der Waals surface area contributed by atoms with Crippen molar-refractivity contribution >= 4 is 17.9 Å². The molecule has 2 fully saturated rings. The number of aliphatic carboxylic acids is 1. The number of rotatable bonds is 3. The van der Waals surface area contributed by atoms with E-state index in [2.05, 4.69) is 5.32 Å². The molecule has 0 aromatic carbocycles. The van der Waals surface area contributed by atoms with Crippen molar-refractivity contribution in [2.45, 2.75) is 31.4 Å². The maximum atomic E-state index is 11.9. The molecular weight excluding hydrogens is 266 g/mol. The highest BCUT2D eigenvalue weighted by molar-refractivity contribution is 5.87. The lowest BCUT2D eigenvalue weighted by atomic mass is 10.2. The number of nitrogens with zero attached hydrogens (tertiary/aromatic N) is 2. The van der Waals surface area contributed by atoms with Crippen molar-refractivity contribution < 1.29 is 24.6 Å². The number of aliphatic hydroxyl groups is 1. The van der Waals surface area contributed by atoms with Crippen LogP contribution >= 0.6 is 0 Å². The molecule has 0 aromatic rings. The van der Waals surface area contributed by atoms with Gasteiger partial charge in [-0.05, 0) is 12.8 Å². The molecule has 2 saturated heterocycles. The largest absolute Gasteiger partial charge is 0.480 e. The highest BCUT2D eigenvalue weighted by atomic mass is 16.4. The van der Waals surface area contributed by atoms with Gasteiger partial charge >= 0.3 is 12.0 Å². The number of carbonyl (C=O) groups excluding carboxylic acids is 2. The highest BCUT2D eigenvalue weighted by Gasteiger charge is 2.39. The van der Waals surface area contributed by atoms with E-state index in [9.17, 15) is 19.5 Å². The van der Waals surface area contributed by atoms with E-state index in [4.69, 9.17) is 5.11 Å². The molecule has 0 radical (unpaired) electrons. The van der Waals surface area contributed by atoms with Crippen molar-refractivity contribution in [2.24, 2.45) is 0 Å². The minimum Gasteiger partial charge on any atom is -0.480 e. The quantitative estimate of drug-likeness (QED) is 0.606. The number of carboxylic acid groups (broad SMARTS) is 1. The summed E-state index contributed by atoms with van der Waals surface area (Å²) in [6, 6.07) is -1.66. The summed E-state index contributed by atoms with van der Waals surface area (Å²) >= 11 is 0. The summed E-state index contributed by atoms with van der Waals surface area (Å²) in [6.45, 7) is 1.24. The molecule has 20 heavy (non-hydrogen) atoms. The third kappa shape index (κ3) is 3.19. The van der Waals surface area contributed by atoms with Crippen LogP contribution in [-0.4, -0.2) is 76.2 Å². The first-order chi connectivity index (χ1) is 9.49. The molecule has 3 N–H and O–H groups in total. The van der Waals surface area contributed by atoms with E-state index in [0.29, 0.717) is 13.1 Å². The molecule has 2 rings (SSSR count). The fourth-order valence-corrected chi connectivity index (χ4v) is 2.60. The number of aliphatic hydroxyl groups excluding tert-OH is 1. The van der Waals surface area contributed by atoms with Gasteiger partial charge in [-0.2, -0.15) is 0 Å². The zero-order valence-electron chi connectivity index (χ0n) is 11.1. The van der Waals surface area contributed by atoms with Crippen LogP contribution in [0.1, 0.15) is 19.3 Å². The van der Waals surface area contributed by atoms with Crippen LogP contribution in [0.3, 0.4) is 0 Å². The molecule has 2 aliphatic rings. The van der Waals surface area contributed by atoms with Gasteiger partial charge in [0, 0.05) is 26.1 Å². The summed E-state index contributed by atoms with van der Waals surface area (Å²) < 4.78 is 0. The minimum absolute atomic E-state index is 0.0167. The Kier molecular flexibility index (Phi) is 4.43. The lowest BCUT2D eigenvalue weighted by Crippen LogP contribution is -2.48. The number of carboxylic acids is 1. The van der Waals surface area contributed by atoms with Crippen LogP contribution in [-0.2, 0) is 9.59 Å². The van der Waals surface area contributed by atoms with E-state index in [1.54, 1.807) is 4.90 Å². The Morgan fingerprint density at radius 1 is 1.20 bits per heavy atom. The van der Waals surface area contributed by atoms with Crippen molar-refractivity contribution in [3.05, 3.63) is 0 Å². The number of nitrogens with one attached hydrogen (secondary N) is 1. The van der Waals surface area contributed by atoms with Crippen LogP contribution in [0, 0.1) is 0 Å². The molecule has 2 atom stereocenters. The lowest BCUT2D eigenvalue weighted by molar-refractivity contribution is -0.141. The molecule has 2 aliphatic heterocycles. The Morgan fingerprint density at radius 3 is 2.45 bits per heavy atom. The smallest absolute Gasteiger partial charge is 0.326 e. The zero-order valence-corrected chi connectivity index (χ0v) is 11.1. The van der Waals surface area contributed by atoms with Crippen LogP contribution < -0.4 is 5.32 Å². The molecule has 0 unspecified atom stereocenters. The van der Waals surface area contributed by atoms with Crippen LogP contribution in [0.15, 0.2) is 0 Å². The van der Waals surface area contributed by atoms with Crippen LogP contribution in [0.4, 0.5) is 4.79 Å². The van der Waals surface area contributed by atoms with Crippen LogP contribution in [0.25, 0.3) is 0 Å². The van der Waals surface area contributed by atoms with Gasteiger partial charge in [0.15, 0.2) is 0 Å². The number of hydrogen-bond donors (Lipinski definition) is 3. The topological polar surface area (TPSA) is 110 Å². The van der Waals surface area contributed by atoms with Gasteiger partial charge in [0.25, 0.3) is 0 Å². The van der Waals surface area contributed by atoms with E-state index in [1.165, 1.54) is 0 Å². The van der Waals surface area contributed by atoms with Gasteiger partial charge in [0.1, 0.15) is 6.04 Å². The van der Waals surface area contributed by atoms with E-state index in [1.807, 2.05) is 0 Å². The van der Waals surface area contributed by atoms with Gasteiger partial charge in [0.05, 0.1) is 12.6 Å². The Hall–Kier alpha value is -1.83. The molecule has 3 amide bonds. The summed E-state index contributed by atoms with van der Waals surface area (Å²) in [6.07, 6.45) is 1.12. The number of amides is 3. The van der Waals surface area contributed by atoms with Gasteiger partial charge in [-0.25, -0.2) is 9.59 Å². The van der Waals surface area contributed by atoms with E-state index >= 15 is 0 Å². The van der Waals surface area contributed by atoms with E-state index in [0.717, 1.165) is 17.7 Å². The number of urea groups is 1. The van der Waals surface area contributed by atoms with Gasteiger partial charge in [-0.1, -0.05) is 0 Å². The summed E-state index contributed by atoms with van der Waals surface area (Å²) in [5.74, 6) is -1.31. The summed E-state index contributed by atoms with van der Waals surface area (Å²) in [5, 5.41) is 20.9. The standard InChI is InChI=1S/C12H19N3O5/c16-8-5-9(11(18)19)15(7-8)12(20)13-6-10(17)14-3-1-2-4-14/h8-9,16H,1-7H2,(H,13,20)(H,18,19)/t8-,9+/m1/s1. The van der Waals surface area contributed by atoms with Crippen molar-refractivity contribution in [3.63, 3.8) is 0 Å². The molecule has 8 nitrogen and oxygen atoms in total. The Balaban J connectivity index is 1.84. The second kappa shape index (κ2) is 6.08. The Morgan fingerprint density at radius 2 is 1.85 bits per heavy atom. The van der Waals surface area contributed by atoms with Crippen molar-refractivity contribution in [1.82, 2.24) is 15.1 Å². The number of carbonyl (C=O) groups is 3. The molecule has 0 bridgehead atoms. The van der Waals surface area contributed by atoms with Gasteiger partial charge in [-0.15, -0.1) is 0 Å². The molecule has 112 valence electrons. The first kappa shape index (κ1) is 14.6. The zero-order chi connectivity index (χ0) is 14.7. The summed E-state index contributed by atoms with van der Waals surface area (Å²) in [4.78, 5) is 37.4. The predicted octanol–water partition coefficient (Wildman–Crippen LogP) is -1.16. The molecule has 0 aromatic heterocycles. The summed E-state index contributed by atoms with van der Waals surface area (Å²) in [5.41, 5.74) is 0. The highest BCUT2D eigenvalue weighted by Crippen LogP contribution is 2.18. The first-order valence-corrected chi connectivity index (χ1v) is 6.72. The fraction of sp³-hybridized carbons (Fsp3) is 0.750. The maximum Gasteiger partial charge on any atom is 0.326 e. The maximum absolute atomic E-state index is 11.9. The van der Waals surface area contributed by atoms with E-state index in [-0.39, 0.29) is 25.4 Å². The number of likely N-dealkylation sites (tertiary alicyclic amines) is 2. The average Bonchev–Trinajstić information content (AvgIpc) is 3.04. The first-order valence-electron chi connectivity index (χ1n) is 6.72. The normalized spacial score (nSPS) is 25.9. The number of hydrogen-bond acceptors (Lipinski definition) is 4. The third-order valence-corrected chi connectivity index (χ3v) is 3.67. The Bertz CT molecular complexity index is 408. The summed E-state index contributed by atoms with van der Waals surface area (Å²) in [7, 11) is 0. The molecule has 0 aliphatic carbocycles. The van der Waals surface area contributed by atoms with Gasteiger partial charge in [-0.3, -0.25) is 4.79 Å². The van der Waals surface area contributed by atoms with Gasteiger partial charge < -0.3 is 25.3 Å². The molecule has 2 heterocycles. The molecular formula is C12H19N3O5. The van der Waals surface area contributed by atoms with Gasteiger partial charge in [0.2, 0.25) is 5.91 Å². The third-order valence-electron chi connectivity index (χ3n) is 3.67. The average molecular weight is 285 g/mol. The molecule has 8 heteroatoms.